The molecule has 0 aliphatic carbocycles. The van der Waals surface area contributed by atoms with Crippen LogP contribution >= 0.6 is 15.9 Å². The molecule has 1 saturated heterocycles. The van der Waals surface area contributed by atoms with Crippen LogP contribution in [0.2, 0.25) is 0 Å². The Labute approximate surface area is 204 Å². The molecule has 174 valence electrons. The number of ketones is 1. The van der Waals surface area contributed by atoms with Gasteiger partial charge in [0.05, 0.1) is 17.9 Å². The van der Waals surface area contributed by atoms with Crippen LogP contribution in [0.5, 0.6) is 11.5 Å². The second-order valence-corrected chi connectivity index (χ2v) is 8.98. The molecule has 5 rings (SSSR count). The van der Waals surface area contributed by atoms with Crippen LogP contribution in [-0.2, 0) is 16.1 Å². The molecule has 1 unspecified atom stereocenters. The van der Waals surface area contributed by atoms with Gasteiger partial charge in [-0.25, -0.2) is 4.98 Å². The molecule has 9 heteroatoms. The zero-order valence-electron chi connectivity index (χ0n) is 18.2. The van der Waals surface area contributed by atoms with Crippen LogP contribution < -0.4 is 9.47 Å². The van der Waals surface area contributed by atoms with Crippen LogP contribution in [0.3, 0.4) is 0 Å². The average Bonchev–Trinajstić information content (AvgIpc) is 3.45. The highest BCUT2D eigenvalue weighted by atomic mass is 79.9. The number of aryl methyl sites for hydroxylation is 1. The number of benzene rings is 2. The number of carbonyl (C=O) groups is 2. The molecule has 0 saturated carbocycles. The third-order valence-electron chi connectivity index (χ3n) is 5.89. The van der Waals surface area contributed by atoms with E-state index in [1.54, 1.807) is 30.7 Å². The highest BCUT2D eigenvalue weighted by molar-refractivity contribution is 9.10. The second kappa shape index (κ2) is 9.34. The number of halogens is 1. The largest absolute Gasteiger partial charge is 0.507 e. The van der Waals surface area contributed by atoms with E-state index in [1.807, 2.05) is 35.0 Å². The minimum atomic E-state index is -0.714. The van der Waals surface area contributed by atoms with Gasteiger partial charge < -0.3 is 24.0 Å². The fourth-order valence-electron chi connectivity index (χ4n) is 4.32. The van der Waals surface area contributed by atoms with Gasteiger partial charge in [-0.15, -0.1) is 0 Å². The van der Waals surface area contributed by atoms with Gasteiger partial charge in [-0.1, -0.05) is 28.1 Å². The summed E-state index contributed by atoms with van der Waals surface area (Å²) in [6.45, 7) is 1.84. The maximum atomic E-state index is 13.2. The number of fused-ring (bicyclic) bond motifs is 1. The first-order valence-corrected chi connectivity index (χ1v) is 11.7. The summed E-state index contributed by atoms with van der Waals surface area (Å²) in [5, 5.41) is 11.3. The first-order valence-electron chi connectivity index (χ1n) is 10.9. The van der Waals surface area contributed by atoms with Crippen molar-refractivity contribution in [3.05, 3.63) is 82.4 Å². The fraction of sp³-hybridized carbons (Fsp3) is 0.240. The predicted octanol–water partition coefficient (Wildman–Crippen LogP) is 3.93. The van der Waals surface area contributed by atoms with Crippen LogP contribution in [0.25, 0.3) is 5.76 Å². The maximum absolute atomic E-state index is 13.2. The van der Waals surface area contributed by atoms with Gasteiger partial charge in [0.1, 0.15) is 19.0 Å². The van der Waals surface area contributed by atoms with Gasteiger partial charge in [-0.05, 0) is 42.3 Å². The van der Waals surface area contributed by atoms with E-state index in [4.69, 9.17) is 9.47 Å². The van der Waals surface area contributed by atoms with Crippen LogP contribution in [0.4, 0.5) is 0 Å². The van der Waals surface area contributed by atoms with Crippen LogP contribution in [0.1, 0.15) is 23.6 Å². The Hall–Kier alpha value is -3.59. The van der Waals surface area contributed by atoms with Crippen molar-refractivity contribution in [2.75, 3.05) is 19.8 Å². The summed E-state index contributed by atoms with van der Waals surface area (Å²) in [7, 11) is 0. The Morgan fingerprint density at radius 2 is 1.91 bits per heavy atom. The van der Waals surface area contributed by atoms with Crippen molar-refractivity contribution >= 4 is 33.4 Å². The first-order chi connectivity index (χ1) is 16.5. The molecule has 1 atom stereocenters. The number of likely N-dealkylation sites (tertiary alicyclic amines) is 1. The second-order valence-electron chi connectivity index (χ2n) is 8.06. The Kier molecular flexibility index (Phi) is 6.10. The van der Waals surface area contributed by atoms with Crippen molar-refractivity contribution in [3.8, 4) is 11.5 Å². The van der Waals surface area contributed by atoms with Crippen LogP contribution in [-0.4, -0.2) is 51.0 Å². The summed E-state index contributed by atoms with van der Waals surface area (Å²) in [5.41, 5.74) is 1.18. The molecule has 1 aromatic heterocycles. The SMILES string of the molecule is O=C1C(=O)N(CCCn2ccnc2)C(c2cccc(Br)c2)/C1=C(\O)c1ccc2c(c1)OCCO2. The lowest BCUT2D eigenvalue weighted by atomic mass is 9.95. The summed E-state index contributed by atoms with van der Waals surface area (Å²) in [6, 6.07) is 11.7. The molecule has 2 aromatic carbocycles. The number of aliphatic hydroxyl groups excluding tert-OH is 1. The van der Waals surface area contributed by atoms with Crippen LogP contribution in [0, 0.1) is 0 Å². The lowest BCUT2D eigenvalue weighted by molar-refractivity contribution is -0.139. The fourth-order valence-corrected chi connectivity index (χ4v) is 4.74. The van der Waals surface area contributed by atoms with E-state index < -0.39 is 17.7 Å². The molecular formula is C25H22BrN3O5. The number of imidazole rings is 1. The summed E-state index contributed by atoms with van der Waals surface area (Å²) >= 11 is 3.47. The van der Waals surface area contributed by atoms with Crippen molar-refractivity contribution in [2.45, 2.75) is 19.0 Å². The smallest absolute Gasteiger partial charge is 0.295 e. The van der Waals surface area contributed by atoms with E-state index >= 15 is 0 Å². The minimum absolute atomic E-state index is 0.0578. The summed E-state index contributed by atoms with van der Waals surface area (Å²) in [6.07, 6.45) is 5.88. The molecule has 0 radical (unpaired) electrons. The number of aromatic nitrogens is 2. The lowest BCUT2D eigenvalue weighted by Crippen LogP contribution is -2.31. The van der Waals surface area contributed by atoms with E-state index in [-0.39, 0.29) is 11.3 Å². The third-order valence-corrected chi connectivity index (χ3v) is 6.39. The number of nitrogens with zero attached hydrogens (tertiary/aromatic N) is 3. The predicted molar refractivity (Wildman–Crippen MR) is 127 cm³/mol. The topological polar surface area (TPSA) is 93.9 Å². The molecule has 8 nitrogen and oxygen atoms in total. The quantitative estimate of drug-likeness (QED) is 0.299. The minimum Gasteiger partial charge on any atom is -0.507 e. The van der Waals surface area contributed by atoms with Gasteiger partial charge in [0.2, 0.25) is 0 Å². The molecule has 1 amide bonds. The van der Waals surface area contributed by atoms with Crippen molar-refractivity contribution in [2.24, 2.45) is 0 Å². The molecular weight excluding hydrogens is 502 g/mol. The van der Waals surface area contributed by atoms with Gasteiger partial charge in [-0.2, -0.15) is 0 Å². The molecule has 0 bridgehead atoms. The normalized spacial score (nSPS) is 19.0. The zero-order chi connectivity index (χ0) is 23.7. The number of hydrogen-bond acceptors (Lipinski definition) is 6. The highest BCUT2D eigenvalue weighted by Gasteiger charge is 2.45. The van der Waals surface area contributed by atoms with E-state index in [9.17, 15) is 14.7 Å². The van der Waals surface area contributed by atoms with Gasteiger partial charge in [0.25, 0.3) is 11.7 Å². The van der Waals surface area contributed by atoms with E-state index in [0.717, 1.165) is 10.0 Å². The Morgan fingerprint density at radius 1 is 1.09 bits per heavy atom. The van der Waals surface area contributed by atoms with Crippen molar-refractivity contribution < 1.29 is 24.2 Å². The van der Waals surface area contributed by atoms with Gasteiger partial charge in [0, 0.05) is 35.5 Å². The molecule has 3 aromatic rings. The molecule has 1 N–H and O–H groups in total. The molecule has 0 spiro atoms. The van der Waals surface area contributed by atoms with Crippen LogP contribution in [0.15, 0.2) is 71.2 Å². The lowest BCUT2D eigenvalue weighted by Gasteiger charge is -2.25. The summed E-state index contributed by atoms with van der Waals surface area (Å²) in [4.78, 5) is 31.9. The number of aliphatic hydroxyl groups is 1. The highest BCUT2D eigenvalue weighted by Crippen LogP contribution is 2.41. The van der Waals surface area contributed by atoms with E-state index in [0.29, 0.717) is 49.8 Å². The van der Waals surface area contributed by atoms with E-state index in [2.05, 4.69) is 20.9 Å². The van der Waals surface area contributed by atoms with E-state index in [1.165, 1.54) is 4.90 Å². The van der Waals surface area contributed by atoms with Gasteiger partial charge in [0.15, 0.2) is 11.5 Å². The number of amides is 1. The monoisotopic (exact) mass is 523 g/mol. The first kappa shape index (κ1) is 22.2. The molecule has 34 heavy (non-hydrogen) atoms. The molecule has 3 heterocycles. The third kappa shape index (κ3) is 4.19. The number of ether oxygens (including phenoxy) is 2. The van der Waals surface area contributed by atoms with Crippen molar-refractivity contribution in [3.63, 3.8) is 0 Å². The maximum Gasteiger partial charge on any atom is 0.295 e. The summed E-state index contributed by atoms with van der Waals surface area (Å²) < 4.78 is 13.9. The van der Waals surface area contributed by atoms with Crippen molar-refractivity contribution in [1.82, 2.24) is 14.5 Å². The number of hydrogen-bond donors (Lipinski definition) is 1. The van der Waals surface area contributed by atoms with Gasteiger partial charge in [-0.3, -0.25) is 9.59 Å². The molecule has 2 aliphatic rings. The number of carbonyl (C=O) groups excluding carboxylic acids is 2. The number of Topliss-reactive ketones (excluding diaryl/α,β-unsaturated/α-hetero) is 1. The number of rotatable bonds is 6. The molecule has 2 aliphatic heterocycles. The Bertz CT molecular complexity index is 1270. The van der Waals surface area contributed by atoms with Crippen molar-refractivity contribution in [1.29, 1.82) is 0 Å². The molecule has 1 fully saturated rings. The zero-order valence-corrected chi connectivity index (χ0v) is 19.8. The average molecular weight is 524 g/mol. The Balaban J connectivity index is 1.54. The van der Waals surface area contributed by atoms with Gasteiger partial charge >= 0.3 is 0 Å². The summed E-state index contributed by atoms with van der Waals surface area (Å²) in [5.74, 6) is -0.512. The Morgan fingerprint density at radius 3 is 2.68 bits per heavy atom. The standard InChI is InChI=1S/C25H22BrN3O5/c26-18-4-1-3-16(13-18)22-21(23(30)17-5-6-19-20(14-17)34-12-11-33-19)24(31)25(32)29(22)9-2-8-28-10-7-27-15-28/h1,3-7,10,13-15,22,30H,2,8-9,11-12H2/b23-21+.